The van der Waals surface area contributed by atoms with Gasteiger partial charge < -0.3 is 0 Å². The average Bonchev–Trinajstić information content (AvgIpc) is 2.80. The minimum Gasteiger partial charge on any atom is -0.285 e. The molecule has 0 amide bonds. The molecule has 0 spiro atoms. The molecule has 84 valence electrons. The van der Waals surface area contributed by atoms with Crippen molar-refractivity contribution >= 4 is 5.65 Å². The van der Waals surface area contributed by atoms with Crippen LogP contribution in [0.5, 0.6) is 0 Å². The number of aromatic nitrogens is 3. The van der Waals surface area contributed by atoms with E-state index in [0.717, 1.165) is 18.0 Å². The van der Waals surface area contributed by atoms with Gasteiger partial charge in [0, 0.05) is 5.69 Å². The van der Waals surface area contributed by atoms with Crippen LogP contribution in [0.15, 0.2) is 12.4 Å². The predicted octanol–water partition coefficient (Wildman–Crippen LogP) is 2.72. The summed E-state index contributed by atoms with van der Waals surface area (Å²) in [6.45, 7) is 6.75. The third kappa shape index (κ3) is 1.20. The Morgan fingerprint density at radius 2 is 2.25 bits per heavy atom. The smallest absolute Gasteiger partial charge is 0.163 e. The van der Waals surface area contributed by atoms with Gasteiger partial charge in [-0.25, -0.2) is 0 Å². The minimum absolute atomic E-state index is 0.709. The summed E-state index contributed by atoms with van der Waals surface area (Å²) in [6.07, 6.45) is 4.28. The van der Waals surface area contributed by atoms with Crippen LogP contribution in [0.3, 0.4) is 0 Å². The number of aryl methyl sites for hydroxylation is 2. The Balaban J connectivity index is 2.27. The van der Waals surface area contributed by atoms with Crippen molar-refractivity contribution in [3.8, 4) is 0 Å². The van der Waals surface area contributed by atoms with Crippen molar-refractivity contribution in [2.24, 2.45) is 5.92 Å². The van der Waals surface area contributed by atoms with Gasteiger partial charge in [0.05, 0.1) is 0 Å². The summed E-state index contributed by atoms with van der Waals surface area (Å²) in [5.41, 5.74) is 5.19. The van der Waals surface area contributed by atoms with Crippen LogP contribution < -0.4 is 0 Å². The standard InChI is InChI=1S/C13H17N3/c1-8(2)10-4-5-12-11(10)6-9(3)13-15-14-7-16(12)13/h6-8,10H,4-5H2,1-3H3. The lowest BCUT2D eigenvalue weighted by Gasteiger charge is -2.16. The number of hydrogen-bond acceptors (Lipinski definition) is 2. The fraction of sp³-hybridized carbons (Fsp3) is 0.538. The van der Waals surface area contributed by atoms with E-state index in [1.54, 1.807) is 0 Å². The summed E-state index contributed by atoms with van der Waals surface area (Å²) in [5, 5.41) is 8.20. The molecule has 2 aromatic rings. The average molecular weight is 215 g/mol. The molecule has 2 aromatic heterocycles. The van der Waals surface area contributed by atoms with E-state index in [1.807, 2.05) is 6.33 Å². The van der Waals surface area contributed by atoms with Crippen molar-refractivity contribution in [3.63, 3.8) is 0 Å². The molecule has 3 rings (SSSR count). The van der Waals surface area contributed by atoms with Crippen molar-refractivity contribution in [3.05, 3.63) is 29.2 Å². The first-order valence-electron chi connectivity index (χ1n) is 6.00. The van der Waals surface area contributed by atoms with Crippen LogP contribution in [0.1, 0.15) is 43.0 Å². The molecule has 0 bridgehead atoms. The van der Waals surface area contributed by atoms with Crippen LogP contribution >= 0.6 is 0 Å². The molecule has 1 unspecified atom stereocenters. The molecule has 2 heterocycles. The van der Waals surface area contributed by atoms with Crippen LogP contribution in [-0.2, 0) is 6.42 Å². The predicted molar refractivity (Wildman–Crippen MR) is 63.6 cm³/mol. The monoisotopic (exact) mass is 215 g/mol. The Morgan fingerprint density at radius 1 is 1.44 bits per heavy atom. The second kappa shape index (κ2) is 3.30. The molecule has 3 nitrogen and oxygen atoms in total. The maximum Gasteiger partial charge on any atom is 0.163 e. The summed E-state index contributed by atoms with van der Waals surface area (Å²) in [6, 6.07) is 2.32. The molecule has 0 aliphatic heterocycles. The van der Waals surface area contributed by atoms with Gasteiger partial charge in [-0.1, -0.05) is 19.9 Å². The van der Waals surface area contributed by atoms with Gasteiger partial charge in [0.2, 0.25) is 0 Å². The molecule has 3 heteroatoms. The van der Waals surface area contributed by atoms with Crippen molar-refractivity contribution in [1.82, 2.24) is 14.6 Å². The van der Waals surface area contributed by atoms with Gasteiger partial charge in [0.1, 0.15) is 6.33 Å². The minimum atomic E-state index is 0.709. The molecule has 1 aliphatic rings. The second-order valence-electron chi connectivity index (χ2n) is 5.14. The molecule has 0 saturated heterocycles. The van der Waals surface area contributed by atoms with Gasteiger partial charge in [0.15, 0.2) is 5.65 Å². The molecule has 0 radical (unpaired) electrons. The molecule has 0 aromatic carbocycles. The number of fused-ring (bicyclic) bond motifs is 3. The third-order valence-corrected chi connectivity index (χ3v) is 3.79. The highest BCUT2D eigenvalue weighted by Gasteiger charge is 2.27. The van der Waals surface area contributed by atoms with E-state index in [4.69, 9.17) is 0 Å². The quantitative estimate of drug-likeness (QED) is 0.732. The van der Waals surface area contributed by atoms with E-state index in [2.05, 4.69) is 41.4 Å². The normalized spacial score (nSPS) is 19.6. The summed E-state index contributed by atoms with van der Waals surface area (Å²) >= 11 is 0. The molecular weight excluding hydrogens is 198 g/mol. The van der Waals surface area contributed by atoms with Crippen LogP contribution in [0, 0.1) is 12.8 Å². The molecular formula is C13H17N3. The zero-order valence-electron chi connectivity index (χ0n) is 10.1. The van der Waals surface area contributed by atoms with Crippen LogP contribution in [0.2, 0.25) is 0 Å². The largest absolute Gasteiger partial charge is 0.285 e. The molecule has 1 atom stereocenters. The molecule has 1 aliphatic carbocycles. The molecule has 0 saturated carbocycles. The van der Waals surface area contributed by atoms with Crippen molar-refractivity contribution in [1.29, 1.82) is 0 Å². The van der Waals surface area contributed by atoms with E-state index in [1.165, 1.54) is 23.2 Å². The number of nitrogens with zero attached hydrogens (tertiary/aromatic N) is 3. The SMILES string of the molecule is Cc1cc2c(n3cnnc13)CCC2C(C)C. The molecule has 0 fully saturated rings. The first-order valence-corrected chi connectivity index (χ1v) is 6.00. The highest BCUT2D eigenvalue weighted by atomic mass is 15.2. The Labute approximate surface area is 95.5 Å². The fourth-order valence-corrected chi connectivity index (χ4v) is 2.95. The maximum atomic E-state index is 4.18. The number of hydrogen-bond donors (Lipinski definition) is 0. The summed E-state index contributed by atoms with van der Waals surface area (Å²) in [4.78, 5) is 0. The highest BCUT2D eigenvalue weighted by Crippen LogP contribution is 2.38. The van der Waals surface area contributed by atoms with E-state index in [-0.39, 0.29) is 0 Å². The van der Waals surface area contributed by atoms with Crippen molar-refractivity contribution < 1.29 is 0 Å². The number of rotatable bonds is 1. The van der Waals surface area contributed by atoms with Gasteiger partial charge in [-0.3, -0.25) is 4.40 Å². The Bertz CT molecular complexity index is 539. The number of pyridine rings is 1. The van der Waals surface area contributed by atoms with Crippen LogP contribution in [0.25, 0.3) is 5.65 Å². The highest BCUT2D eigenvalue weighted by molar-refractivity contribution is 5.52. The van der Waals surface area contributed by atoms with Crippen molar-refractivity contribution in [2.45, 2.75) is 39.5 Å². The lowest BCUT2D eigenvalue weighted by atomic mass is 9.90. The first-order chi connectivity index (χ1) is 7.68. The lowest BCUT2D eigenvalue weighted by molar-refractivity contribution is 0.495. The van der Waals surface area contributed by atoms with Crippen LogP contribution in [-0.4, -0.2) is 14.6 Å². The van der Waals surface area contributed by atoms with Gasteiger partial charge >= 0.3 is 0 Å². The van der Waals surface area contributed by atoms with Gasteiger partial charge in [-0.2, -0.15) is 0 Å². The van der Waals surface area contributed by atoms with Gasteiger partial charge in [-0.05, 0) is 42.7 Å². The third-order valence-electron chi connectivity index (χ3n) is 3.79. The maximum absolute atomic E-state index is 4.18. The zero-order chi connectivity index (χ0) is 11.3. The molecule has 0 N–H and O–H groups in total. The second-order valence-corrected chi connectivity index (χ2v) is 5.14. The van der Waals surface area contributed by atoms with E-state index in [9.17, 15) is 0 Å². The summed E-state index contributed by atoms with van der Waals surface area (Å²) in [5.74, 6) is 1.43. The topological polar surface area (TPSA) is 30.2 Å². The Hall–Kier alpha value is -1.38. The van der Waals surface area contributed by atoms with E-state index >= 15 is 0 Å². The van der Waals surface area contributed by atoms with E-state index in [0.29, 0.717) is 5.92 Å². The summed E-state index contributed by atoms with van der Waals surface area (Å²) < 4.78 is 2.17. The van der Waals surface area contributed by atoms with Crippen LogP contribution in [0.4, 0.5) is 0 Å². The summed E-state index contributed by atoms with van der Waals surface area (Å²) in [7, 11) is 0. The van der Waals surface area contributed by atoms with E-state index < -0.39 is 0 Å². The van der Waals surface area contributed by atoms with Gasteiger partial charge in [-0.15, -0.1) is 10.2 Å². The Morgan fingerprint density at radius 3 is 3.00 bits per heavy atom. The van der Waals surface area contributed by atoms with Crippen molar-refractivity contribution in [2.75, 3.05) is 0 Å². The zero-order valence-corrected chi connectivity index (χ0v) is 10.1. The molecule has 16 heavy (non-hydrogen) atoms. The fourth-order valence-electron chi connectivity index (χ4n) is 2.95. The van der Waals surface area contributed by atoms with Gasteiger partial charge in [0.25, 0.3) is 0 Å². The first kappa shape index (κ1) is 9.82. The Kier molecular flexibility index (Phi) is 2.03. The lowest BCUT2D eigenvalue weighted by Crippen LogP contribution is -2.04.